The Labute approximate surface area is 153 Å². The lowest BCUT2D eigenvalue weighted by Gasteiger charge is -2.33. The zero-order chi connectivity index (χ0) is 17.4. The fourth-order valence-corrected chi connectivity index (χ4v) is 5.40. The number of thiophene rings is 1. The lowest BCUT2D eigenvalue weighted by atomic mass is 9.93. The van der Waals surface area contributed by atoms with Crippen molar-refractivity contribution in [2.75, 3.05) is 19.6 Å². The molecule has 1 saturated carbocycles. The minimum atomic E-state index is -0.254. The van der Waals surface area contributed by atoms with Gasteiger partial charge in [0.25, 0.3) is 0 Å². The maximum atomic E-state index is 13.4. The Hall–Kier alpha value is -1.40. The standard InChI is InChI=1S/C19H27N3O2S/c1-14(23)21-9-2-3-16(21)18(24)22(12-15-4-10-25-13-15)17-11-19(17)5-7-20-8-6-19/h4,10,13,16-17,20H,2-3,5-9,11-12H2,1H3/t16-,17+/m0/s1. The smallest absolute Gasteiger partial charge is 0.245 e. The molecule has 0 unspecified atom stereocenters. The van der Waals surface area contributed by atoms with Gasteiger partial charge in [-0.25, -0.2) is 0 Å². The molecule has 0 bridgehead atoms. The Morgan fingerprint density at radius 2 is 2.20 bits per heavy atom. The molecule has 5 nitrogen and oxygen atoms in total. The van der Waals surface area contributed by atoms with Crippen LogP contribution in [0.4, 0.5) is 0 Å². The van der Waals surface area contributed by atoms with Gasteiger partial charge in [-0.15, -0.1) is 0 Å². The fraction of sp³-hybridized carbons (Fsp3) is 0.684. The van der Waals surface area contributed by atoms with Crippen LogP contribution >= 0.6 is 11.3 Å². The van der Waals surface area contributed by atoms with Crippen LogP contribution in [0.1, 0.15) is 44.6 Å². The molecule has 3 aliphatic rings. The summed E-state index contributed by atoms with van der Waals surface area (Å²) >= 11 is 1.68. The summed E-state index contributed by atoms with van der Waals surface area (Å²) in [4.78, 5) is 29.2. The molecule has 4 rings (SSSR count). The molecule has 1 spiro atoms. The van der Waals surface area contributed by atoms with Gasteiger partial charge in [-0.2, -0.15) is 11.3 Å². The first-order valence-electron chi connectivity index (χ1n) is 9.40. The molecule has 25 heavy (non-hydrogen) atoms. The highest BCUT2D eigenvalue weighted by atomic mass is 32.1. The van der Waals surface area contributed by atoms with Crippen molar-refractivity contribution in [3.05, 3.63) is 22.4 Å². The van der Waals surface area contributed by atoms with Gasteiger partial charge < -0.3 is 15.1 Å². The molecule has 0 aromatic carbocycles. The molecule has 2 amide bonds. The number of nitrogens with one attached hydrogen (secondary N) is 1. The Bertz CT molecular complexity index is 639. The largest absolute Gasteiger partial charge is 0.333 e. The van der Waals surface area contributed by atoms with Crippen LogP contribution in [-0.2, 0) is 16.1 Å². The van der Waals surface area contributed by atoms with Crippen molar-refractivity contribution in [2.45, 2.75) is 57.7 Å². The summed E-state index contributed by atoms with van der Waals surface area (Å²) in [7, 11) is 0. The summed E-state index contributed by atoms with van der Waals surface area (Å²) < 4.78 is 0. The van der Waals surface area contributed by atoms with Crippen LogP contribution in [0.2, 0.25) is 0 Å². The maximum Gasteiger partial charge on any atom is 0.245 e. The van der Waals surface area contributed by atoms with E-state index in [1.807, 2.05) is 0 Å². The van der Waals surface area contributed by atoms with Gasteiger partial charge in [-0.1, -0.05) is 0 Å². The van der Waals surface area contributed by atoms with Gasteiger partial charge in [0.15, 0.2) is 0 Å². The predicted molar refractivity (Wildman–Crippen MR) is 98.2 cm³/mol. The lowest BCUT2D eigenvalue weighted by molar-refractivity contribution is -0.144. The van der Waals surface area contributed by atoms with Gasteiger partial charge in [-0.3, -0.25) is 9.59 Å². The van der Waals surface area contributed by atoms with E-state index in [0.717, 1.165) is 51.7 Å². The molecule has 1 aliphatic carbocycles. The van der Waals surface area contributed by atoms with Crippen molar-refractivity contribution < 1.29 is 9.59 Å². The number of amides is 2. The van der Waals surface area contributed by atoms with Gasteiger partial charge in [0.05, 0.1) is 0 Å². The minimum absolute atomic E-state index is 0.0266. The third-order valence-corrected chi connectivity index (χ3v) is 7.01. The Morgan fingerprint density at radius 1 is 1.40 bits per heavy atom. The molecule has 3 heterocycles. The number of nitrogens with zero attached hydrogens (tertiary/aromatic N) is 2. The van der Waals surface area contributed by atoms with E-state index in [-0.39, 0.29) is 17.9 Å². The molecule has 2 atom stereocenters. The van der Waals surface area contributed by atoms with E-state index >= 15 is 0 Å². The summed E-state index contributed by atoms with van der Waals surface area (Å²) in [6.07, 6.45) is 5.18. The molecule has 1 aromatic heterocycles. The number of carbonyl (C=O) groups is 2. The van der Waals surface area contributed by atoms with Crippen LogP contribution in [0.3, 0.4) is 0 Å². The van der Waals surface area contributed by atoms with Crippen molar-refractivity contribution in [3.8, 4) is 0 Å². The van der Waals surface area contributed by atoms with E-state index in [1.165, 1.54) is 5.56 Å². The number of rotatable bonds is 4. The van der Waals surface area contributed by atoms with E-state index in [1.54, 1.807) is 23.2 Å². The number of carbonyl (C=O) groups excluding carboxylic acids is 2. The minimum Gasteiger partial charge on any atom is -0.333 e. The van der Waals surface area contributed by atoms with Crippen molar-refractivity contribution in [2.24, 2.45) is 5.41 Å². The van der Waals surface area contributed by atoms with E-state index in [0.29, 0.717) is 18.0 Å². The molecule has 1 N–H and O–H groups in total. The molecule has 1 aromatic rings. The van der Waals surface area contributed by atoms with Crippen LogP contribution < -0.4 is 5.32 Å². The summed E-state index contributed by atoms with van der Waals surface area (Å²) in [6.45, 7) is 5.10. The highest BCUT2D eigenvalue weighted by molar-refractivity contribution is 7.07. The van der Waals surface area contributed by atoms with Gasteiger partial charge in [-0.05, 0) is 73.0 Å². The average molecular weight is 362 g/mol. The van der Waals surface area contributed by atoms with Gasteiger partial charge in [0.1, 0.15) is 6.04 Å². The molecule has 0 radical (unpaired) electrons. The molecule has 6 heteroatoms. The van der Waals surface area contributed by atoms with Crippen LogP contribution in [0, 0.1) is 5.41 Å². The number of hydrogen-bond acceptors (Lipinski definition) is 4. The number of piperidine rings is 1. The van der Waals surface area contributed by atoms with Gasteiger partial charge in [0.2, 0.25) is 11.8 Å². The van der Waals surface area contributed by atoms with E-state index in [9.17, 15) is 9.59 Å². The molecule has 2 saturated heterocycles. The second kappa shape index (κ2) is 6.72. The number of hydrogen-bond donors (Lipinski definition) is 1. The van der Waals surface area contributed by atoms with Crippen LogP contribution in [0.5, 0.6) is 0 Å². The normalized spacial score (nSPS) is 27.5. The highest BCUT2D eigenvalue weighted by Crippen LogP contribution is 2.56. The van der Waals surface area contributed by atoms with Crippen molar-refractivity contribution in [1.29, 1.82) is 0 Å². The van der Waals surface area contributed by atoms with Crippen molar-refractivity contribution in [3.63, 3.8) is 0 Å². The topological polar surface area (TPSA) is 52.7 Å². The zero-order valence-electron chi connectivity index (χ0n) is 14.9. The predicted octanol–water partition coefficient (Wildman–Crippen LogP) is 2.23. The van der Waals surface area contributed by atoms with E-state index in [2.05, 4.69) is 27.0 Å². The van der Waals surface area contributed by atoms with Crippen molar-refractivity contribution >= 4 is 23.2 Å². The SMILES string of the molecule is CC(=O)N1CCC[C@H]1C(=O)N(Cc1ccsc1)[C@@H]1CC12CCNCC2. The van der Waals surface area contributed by atoms with Crippen LogP contribution in [0.15, 0.2) is 16.8 Å². The summed E-state index contributed by atoms with van der Waals surface area (Å²) in [5.41, 5.74) is 1.53. The van der Waals surface area contributed by atoms with Gasteiger partial charge in [0, 0.05) is 26.1 Å². The first-order valence-corrected chi connectivity index (χ1v) is 10.3. The first kappa shape index (κ1) is 17.0. The molecular formula is C19H27N3O2S. The Balaban J connectivity index is 1.55. The fourth-order valence-electron chi connectivity index (χ4n) is 4.74. The average Bonchev–Trinajstić information content (AvgIpc) is 3.06. The third kappa shape index (κ3) is 3.22. The molecule has 2 aliphatic heterocycles. The molecular weight excluding hydrogens is 334 g/mol. The molecule has 3 fully saturated rings. The van der Waals surface area contributed by atoms with E-state index < -0.39 is 0 Å². The quantitative estimate of drug-likeness (QED) is 0.895. The lowest BCUT2D eigenvalue weighted by Crippen LogP contribution is -2.49. The summed E-state index contributed by atoms with van der Waals surface area (Å²) in [5, 5.41) is 7.64. The third-order valence-electron chi connectivity index (χ3n) is 6.28. The monoisotopic (exact) mass is 361 g/mol. The summed E-state index contributed by atoms with van der Waals surface area (Å²) in [6, 6.07) is 2.20. The highest BCUT2D eigenvalue weighted by Gasteiger charge is 2.58. The van der Waals surface area contributed by atoms with Gasteiger partial charge >= 0.3 is 0 Å². The molecule has 136 valence electrons. The Kier molecular flexibility index (Phi) is 4.58. The summed E-state index contributed by atoms with van der Waals surface area (Å²) in [5.74, 6) is 0.193. The van der Waals surface area contributed by atoms with Crippen LogP contribution in [-0.4, -0.2) is 53.3 Å². The first-order chi connectivity index (χ1) is 12.1. The van der Waals surface area contributed by atoms with E-state index in [4.69, 9.17) is 0 Å². The maximum absolute atomic E-state index is 13.4. The van der Waals surface area contributed by atoms with Crippen molar-refractivity contribution in [1.82, 2.24) is 15.1 Å². The number of likely N-dealkylation sites (tertiary alicyclic amines) is 1. The zero-order valence-corrected chi connectivity index (χ0v) is 15.7. The second-order valence-electron chi connectivity index (χ2n) is 7.80. The van der Waals surface area contributed by atoms with Crippen LogP contribution in [0.25, 0.3) is 0 Å². The Morgan fingerprint density at radius 3 is 2.88 bits per heavy atom. The second-order valence-corrected chi connectivity index (χ2v) is 8.58.